The maximum atomic E-state index is 14.6. The monoisotopic (exact) mass is 512 g/mol. The van der Waals surface area contributed by atoms with Crippen LogP contribution in [-0.2, 0) is 4.79 Å². The van der Waals surface area contributed by atoms with E-state index >= 15 is 0 Å². The molecule has 5 rings (SSSR count). The maximum absolute atomic E-state index is 14.6. The Morgan fingerprint density at radius 1 is 1.11 bits per heavy atom. The minimum absolute atomic E-state index is 0.0831. The molecule has 1 aliphatic heterocycles. The minimum atomic E-state index is -0.555. The molecule has 2 aromatic heterocycles. The van der Waals surface area contributed by atoms with Crippen LogP contribution in [-0.4, -0.2) is 38.8 Å². The van der Waals surface area contributed by atoms with E-state index in [1.807, 2.05) is 37.1 Å². The molecule has 1 fully saturated rings. The molecule has 0 bridgehead atoms. The highest BCUT2D eigenvalue weighted by molar-refractivity contribution is 5.93. The van der Waals surface area contributed by atoms with Gasteiger partial charge in [-0.25, -0.2) is 4.98 Å². The Balaban J connectivity index is 1.56. The standard InChI is InChI=1S/C30H29FN4O3/c1-5-9-26(36)34-17-7-6-10-23(34)30-33-28(29-20(3)32-18-19(2)35(29)30)21-13-15-22(16-14-21)38-25-12-8-11-24(37-4)27(25)31/h8,11-16,18,23H,6-7,10,17H2,1-4H3. The zero-order valence-electron chi connectivity index (χ0n) is 21.9. The lowest BCUT2D eigenvalue weighted by Crippen LogP contribution is -2.38. The van der Waals surface area contributed by atoms with Crippen LogP contribution in [0.3, 0.4) is 0 Å². The fourth-order valence-corrected chi connectivity index (χ4v) is 5.02. The lowest BCUT2D eigenvalue weighted by atomic mass is 10.0. The number of halogens is 1. The smallest absolute Gasteiger partial charge is 0.299 e. The molecule has 0 saturated carbocycles. The summed E-state index contributed by atoms with van der Waals surface area (Å²) in [6, 6.07) is 11.9. The van der Waals surface area contributed by atoms with Crippen LogP contribution in [0.4, 0.5) is 4.39 Å². The summed E-state index contributed by atoms with van der Waals surface area (Å²) in [4.78, 5) is 24.4. The molecule has 1 aliphatic rings. The third-order valence-corrected chi connectivity index (χ3v) is 6.84. The van der Waals surface area contributed by atoms with Crippen molar-refractivity contribution in [1.82, 2.24) is 19.3 Å². The van der Waals surface area contributed by atoms with Gasteiger partial charge in [-0.3, -0.25) is 14.2 Å². The largest absolute Gasteiger partial charge is 0.494 e. The molecule has 1 unspecified atom stereocenters. The van der Waals surface area contributed by atoms with Gasteiger partial charge in [0.1, 0.15) is 11.6 Å². The average molecular weight is 513 g/mol. The first kappa shape index (κ1) is 25.3. The molecule has 8 heteroatoms. The normalized spacial score (nSPS) is 15.2. The first-order valence-electron chi connectivity index (χ1n) is 12.6. The third kappa shape index (κ3) is 4.56. The Morgan fingerprint density at radius 3 is 2.61 bits per heavy atom. The van der Waals surface area contributed by atoms with Crippen LogP contribution < -0.4 is 9.47 Å². The Kier molecular flexibility index (Phi) is 7.01. The topological polar surface area (TPSA) is 69.0 Å². The zero-order valence-corrected chi connectivity index (χ0v) is 21.9. The number of carbonyl (C=O) groups is 1. The van der Waals surface area contributed by atoms with Crippen molar-refractivity contribution >= 4 is 11.4 Å². The highest BCUT2D eigenvalue weighted by Gasteiger charge is 2.32. The van der Waals surface area contributed by atoms with E-state index in [2.05, 4.69) is 21.2 Å². The number of aromatic nitrogens is 3. The first-order valence-corrected chi connectivity index (χ1v) is 12.6. The average Bonchev–Trinajstić information content (AvgIpc) is 3.34. The van der Waals surface area contributed by atoms with Crippen molar-refractivity contribution in [2.45, 2.75) is 46.1 Å². The lowest BCUT2D eigenvalue weighted by molar-refractivity contribution is -0.129. The van der Waals surface area contributed by atoms with Crippen LogP contribution in [0.2, 0.25) is 0 Å². The molecule has 1 saturated heterocycles. The van der Waals surface area contributed by atoms with E-state index in [9.17, 15) is 9.18 Å². The summed E-state index contributed by atoms with van der Waals surface area (Å²) < 4.78 is 27.5. The van der Waals surface area contributed by atoms with Gasteiger partial charge < -0.3 is 14.4 Å². The van der Waals surface area contributed by atoms with Gasteiger partial charge in [0.15, 0.2) is 11.5 Å². The third-order valence-electron chi connectivity index (χ3n) is 6.84. The second-order valence-corrected chi connectivity index (χ2v) is 9.27. The molecule has 4 aromatic rings. The quantitative estimate of drug-likeness (QED) is 0.306. The molecule has 1 amide bonds. The van der Waals surface area contributed by atoms with Gasteiger partial charge in [0, 0.05) is 24.0 Å². The molecule has 7 nitrogen and oxygen atoms in total. The number of imidazole rings is 1. The number of likely N-dealkylation sites (tertiary alicyclic amines) is 1. The Morgan fingerprint density at radius 2 is 1.87 bits per heavy atom. The van der Waals surface area contributed by atoms with Crippen LogP contribution >= 0.6 is 0 Å². The van der Waals surface area contributed by atoms with Gasteiger partial charge in [-0.1, -0.05) is 12.0 Å². The van der Waals surface area contributed by atoms with Gasteiger partial charge in [0.2, 0.25) is 5.82 Å². The first-order chi connectivity index (χ1) is 18.4. The van der Waals surface area contributed by atoms with E-state index in [1.165, 1.54) is 7.11 Å². The van der Waals surface area contributed by atoms with Gasteiger partial charge in [0.05, 0.1) is 30.1 Å². The second kappa shape index (κ2) is 10.5. The van der Waals surface area contributed by atoms with Gasteiger partial charge >= 0.3 is 0 Å². The van der Waals surface area contributed by atoms with E-state index in [4.69, 9.17) is 14.5 Å². The maximum Gasteiger partial charge on any atom is 0.299 e. The van der Waals surface area contributed by atoms with E-state index in [0.717, 1.165) is 53.2 Å². The van der Waals surface area contributed by atoms with Crippen LogP contribution in [0, 0.1) is 31.5 Å². The van der Waals surface area contributed by atoms with E-state index in [0.29, 0.717) is 12.3 Å². The molecule has 0 radical (unpaired) electrons. The fraction of sp³-hybridized carbons (Fsp3) is 0.300. The second-order valence-electron chi connectivity index (χ2n) is 9.27. The van der Waals surface area contributed by atoms with Gasteiger partial charge in [0.25, 0.3) is 5.91 Å². The molecule has 0 aliphatic carbocycles. The van der Waals surface area contributed by atoms with Gasteiger partial charge in [-0.05, 0) is 82.4 Å². The molecule has 1 atom stereocenters. The van der Waals surface area contributed by atoms with Crippen LogP contribution in [0.15, 0.2) is 48.7 Å². The highest BCUT2D eigenvalue weighted by atomic mass is 19.1. The summed E-state index contributed by atoms with van der Waals surface area (Å²) in [7, 11) is 1.42. The SMILES string of the molecule is CC#CC(=O)N1CCCCC1c1nc(-c2ccc(Oc3cccc(OC)c3F)cc2)c2c(C)ncc(C)n12. The molecule has 0 spiro atoms. The number of carbonyl (C=O) groups excluding carboxylic acids is 1. The number of aryl methyl sites for hydroxylation is 2. The summed E-state index contributed by atoms with van der Waals surface area (Å²) in [5.41, 5.74) is 4.31. The molecular formula is C30H29FN4O3. The number of benzene rings is 2. The number of methoxy groups -OCH3 is 1. The molecule has 2 aromatic carbocycles. The predicted molar refractivity (Wildman–Crippen MR) is 143 cm³/mol. The van der Waals surface area contributed by atoms with E-state index in [-0.39, 0.29) is 23.4 Å². The van der Waals surface area contributed by atoms with E-state index < -0.39 is 5.82 Å². The van der Waals surface area contributed by atoms with Gasteiger partial charge in [-0.2, -0.15) is 4.39 Å². The highest BCUT2D eigenvalue weighted by Crippen LogP contribution is 2.37. The van der Waals surface area contributed by atoms with E-state index in [1.54, 1.807) is 37.3 Å². The number of piperidine rings is 1. The lowest BCUT2D eigenvalue weighted by Gasteiger charge is -2.33. The van der Waals surface area contributed by atoms with Crippen molar-refractivity contribution in [3.8, 4) is 40.3 Å². The number of hydrogen-bond acceptors (Lipinski definition) is 5. The number of fused-ring (bicyclic) bond motifs is 1. The molecule has 38 heavy (non-hydrogen) atoms. The van der Waals surface area contributed by atoms with Crippen molar-refractivity contribution in [1.29, 1.82) is 0 Å². The zero-order chi connectivity index (χ0) is 26.8. The molecule has 194 valence electrons. The molecular weight excluding hydrogens is 483 g/mol. The summed E-state index contributed by atoms with van der Waals surface area (Å²) in [6.07, 6.45) is 4.60. The fourth-order valence-electron chi connectivity index (χ4n) is 5.02. The molecule has 3 heterocycles. The number of ether oxygens (including phenoxy) is 2. The number of nitrogens with zero attached hydrogens (tertiary/aromatic N) is 4. The summed E-state index contributed by atoms with van der Waals surface area (Å²) in [5.74, 6) is 6.21. The Hall–Kier alpha value is -4.38. The van der Waals surface area contributed by atoms with Crippen molar-refractivity contribution in [2.24, 2.45) is 0 Å². The summed E-state index contributed by atoms with van der Waals surface area (Å²) >= 11 is 0. The Bertz CT molecular complexity index is 1570. The van der Waals surface area contributed by atoms with Crippen molar-refractivity contribution in [3.63, 3.8) is 0 Å². The van der Waals surface area contributed by atoms with Gasteiger partial charge in [-0.15, -0.1) is 0 Å². The number of amides is 1. The van der Waals surface area contributed by atoms with Crippen LogP contribution in [0.5, 0.6) is 17.2 Å². The summed E-state index contributed by atoms with van der Waals surface area (Å²) in [6.45, 7) is 6.28. The predicted octanol–water partition coefficient (Wildman–Crippen LogP) is 6.03. The molecule has 0 N–H and O–H groups in total. The number of hydrogen-bond donors (Lipinski definition) is 0. The van der Waals surface area contributed by atoms with Crippen molar-refractivity contribution in [2.75, 3.05) is 13.7 Å². The number of rotatable bonds is 5. The minimum Gasteiger partial charge on any atom is -0.494 e. The van der Waals surface area contributed by atoms with Crippen LogP contribution in [0.25, 0.3) is 16.8 Å². The summed E-state index contributed by atoms with van der Waals surface area (Å²) in [5, 5.41) is 0. The van der Waals surface area contributed by atoms with Crippen molar-refractivity contribution < 1.29 is 18.7 Å². The van der Waals surface area contributed by atoms with Crippen molar-refractivity contribution in [3.05, 3.63) is 71.7 Å². The van der Waals surface area contributed by atoms with Crippen LogP contribution in [0.1, 0.15) is 49.4 Å². The Labute approximate surface area is 221 Å².